The summed E-state index contributed by atoms with van der Waals surface area (Å²) in [5.74, 6) is -0.250. The average Bonchev–Trinajstić information content (AvgIpc) is 2.98. The zero-order valence-electron chi connectivity index (χ0n) is 11.6. The Labute approximate surface area is 110 Å². The van der Waals surface area contributed by atoms with Gasteiger partial charge in [0.05, 0.1) is 19.3 Å². The lowest BCUT2D eigenvalue weighted by Crippen LogP contribution is -2.37. The molecule has 1 spiro atoms. The highest BCUT2D eigenvalue weighted by Gasteiger charge is 2.43. The maximum Gasteiger partial charge on any atom is 0.168 e. The van der Waals surface area contributed by atoms with Crippen LogP contribution in [0.1, 0.15) is 45.4 Å². The largest absolute Gasteiger partial charge is 0.395 e. The Kier molecular flexibility index (Phi) is 5.42. The summed E-state index contributed by atoms with van der Waals surface area (Å²) < 4.78 is 12.0. The Morgan fingerprint density at radius 2 is 2.06 bits per heavy atom. The van der Waals surface area contributed by atoms with Crippen molar-refractivity contribution in [1.82, 2.24) is 4.90 Å². The summed E-state index contributed by atoms with van der Waals surface area (Å²) in [6, 6.07) is 0. The van der Waals surface area contributed by atoms with Gasteiger partial charge in [-0.2, -0.15) is 0 Å². The summed E-state index contributed by atoms with van der Waals surface area (Å²) in [6.45, 7) is 5.81. The summed E-state index contributed by atoms with van der Waals surface area (Å²) >= 11 is 0. The molecular formula is C14H27NO3. The van der Waals surface area contributed by atoms with Crippen LogP contribution in [0.5, 0.6) is 0 Å². The molecule has 1 N–H and O–H groups in total. The topological polar surface area (TPSA) is 41.9 Å². The van der Waals surface area contributed by atoms with Gasteiger partial charge in [0.2, 0.25) is 0 Å². The highest BCUT2D eigenvalue weighted by atomic mass is 16.7. The van der Waals surface area contributed by atoms with Crippen molar-refractivity contribution in [2.75, 3.05) is 32.8 Å². The van der Waals surface area contributed by atoms with Gasteiger partial charge in [-0.3, -0.25) is 4.90 Å². The van der Waals surface area contributed by atoms with Gasteiger partial charge in [0.25, 0.3) is 0 Å². The monoisotopic (exact) mass is 257 g/mol. The van der Waals surface area contributed by atoms with Crippen LogP contribution >= 0.6 is 0 Å². The lowest BCUT2D eigenvalue weighted by Gasteiger charge is -2.26. The van der Waals surface area contributed by atoms with E-state index in [0.717, 1.165) is 32.5 Å². The standard InChI is InChI=1S/C14H27NO3/c1-2-3-8-15(9-10-16)11-13-12-17-14(18-13)6-4-5-7-14/h13,16H,2-12H2,1H3. The molecule has 2 rings (SSSR count). The van der Waals surface area contributed by atoms with Crippen molar-refractivity contribution < 1.29 is 14.6 Å². The number of unbranched alkanes of at least 4 members (excludes halogenated alkanes) is 1. The molecule has 1 saturated carbocycles. The highest BCUT2D eigenvalue weighted by Crippen LogP contribution is 2.39. The normalized spacial score (nSPS) is 26.5. The van der Waals surface area contributed by atoms with E-state index in [0.29, 0.717) is 6.61 Å². The van der Waals surface area contributed by atoms with E-state index in [-0.39, 0.29) is 18.5 Å². The zero-order chi connectivity index (χ0) is 12.8. The Morgan fingerprint density at radius 3 is 2.72 bits per heavy atom. The number of hydrogen-bond acceptors (Lipinski definition) is 4. The molecule has 1 atom stereocenters. The van der Waals surface area contributed by atoms with Gasteiger partial charge < -0.3 is 14.6 Å². The lowest BCUT2D eigenvalue weighted by molar-refractivity contribution is -0.163. The van der Waals surface area contributed by atoms with Crippen molar-refractivity contribution in [3.05, 3.63) is 0 Å². The van der Waals surface area contributed by atoms with Gasteiger partial charge in [-0.15, -0.1) is 0 Å². The molecule has 1 aliphatic heterocycles. The molecule has 4 nitrogen and oxygen atoms in total. The first-order valence-corrected chi connectivity index (χ1v) is 7.43. The third kappa shape index (κ3) is 3.67. The summed E-state index contributed by atoms with van der Waals surface area (Å²) in [7, 11) is 0. The zero-order valence-corrected chi connectivity index (χ0v) is 11.6. The lowest BCUT2D eigenvalue weighted by atomic mass is 10.2. The Morgan fingerprint density at radius 1 is 1.28 bits per heavy atom. The predicted molar refractivity (Wildman–Crippen MR) is 70.5 cm³/mol. The van der Waals surface area contributed by atoms with Gasteiger partial charge in [0.1, 0.15) is 0 Å². The van der Waals surface area contributed by atoms with Crippen molar-refractivity contribution in [2.45, 2.75) is 57.3 Å². The van der Waals surface area contributed by atoms with Crippen LogP contribution in [0.2, 0.25) is 0 Å². The van der Waals surface area contributed by atoms with Gasteiger partial charge in [0.15, 0.2) is 5.79 Å². The molecular weight excluding hydrogens is 230 g/mol. The van der Waals surface area contributed by atoms with Crippen LogP contribution in [0.3, 0.4) is 0 Å². The SMILES string of the molecule is CCCCN(CCO)CC1COC2(CCCC2)O1. The van der Waals surface area contributed by atoms with Gasteiger partial charge in [-0.1, -0.05) is 13.3 Å². The molecule has 18 heavy (non-hydrogen) atoms. The van der Waals surface area contributed by atoms with Crippen LogP contribution in [0, 0.1) is 0 Å². The van der Waals surface area contributed by atoms with E-state index in [2.05, 4.69) is 11.8 Å². The summed E-state index contributed by atoms with van der Waals surface area (Å²) in [4.78, 5) is 2.30. The van der Waals surface area contributed by atoms with Crippen LogP contribution < -0.4 is 0 Å². The van der Waals surface area contributed by atoms with Crippen LogP contribution in [-0.4, -0.2) is 54.7 Å². The van der Waals surface area contributed by atoms with E-state index in [1.807, 2.05) is 0 Å². The number of rotatable bonds is 7. The molecule has 1 saturated heterocycles. The smallest absolute Gasteiger partial charge is 0.168 e. The second kappa shape index (κ2) is 6.85. The van der Waals surface area contributed by atoms with Crippen molar-refractivity contribution in [1.29, 1.82) is 0 Å². The molecule has 1 heterocycles. The van der Waals surface area contributed by atoms with Crippen LogP contribution in [0.25, 0.3) is 0 Å². The van der Waals surface area contributed by atoms with E-state index in [9.17, 15) is 0 Å². The number of aliphatic hydroxyl groups excluding tert-OH is 1. The molecule has 0 aromatic carbocycles. The number of aliphatic hydroxyl groups is 1. The maximum atomic E-state index is 9.10. The van der Waals surface area contributed by atoms with Crippen LogP contribution in [-0.2, 0) is 9.47 Å². The third-order valence-corrected chi connectivity index (χ3v) is 3.99. The molecule has 0 aromatic heterocycles. The van der Waals surface area contributed by atoms with Gasteiger partial charge in [-0.05, 0) is 25.8 Å². The number of nitrogens with zero attached hydrogens (tertiary/aromatic N) is 1. The molecule has 0 amide bonds. The second-order valence-electron chi connectivity index (χ2n) is 5.55. The molecule has 0 radical (unpaired) electrons. The molecule has 0 bridgehead atoms. The van der Waals surface area contributed by atoms with Crippen molar-refractivity contribution >= 4 is 0 Å². The second-order valence-corrected chi connectivity index (χ2v) is 5.55. The molecule has 2 fully saturated rings. The van der Waals surface area contributed by atoms with Crippen LogP contribution in [0.15, 0.2) is 0 Å². The fourth-order valence-corrected chi connectivity index (χ4v) is 2.99. The predicted octanol–water partition coefficient (Wildman–Crippen LogP) is 1.77. The average molecular weight is 257 g/mol. The molecule has 2 aliphatic rings. The highest BCUT2D eigenvalue weighted by molar-refractivity contribution is 4.85. The molecule has 0 aromatic rings. The molecule has 4 heteroatoms. The van der Waals surface area contributed by atoms with Gasteiger partial charge in [0, 0.05) is 25.9 Å². The van der Waals surface area contributed by atoms with E-state index in [1.165, 1.54) is 25.7 Å². The Balaban J connectivity index is 1.77. The van der Waals surface area contributed by atoms with Gasteiger partial charge >= 0.3 is 0 Å². The fraction of sp³-hybridized carbons (Fsp3) is 1.00. The van der Waals surface area contributed by atoms with Crippen molar-refractivity contribution in [3.8, 4) is 0 Å². The minimum Gasteiger partial charge on any atom is -0.395 e. The minimum atomic E-state index is -0.250. The first-order valence-electron chi connectivity index (χ1n) is 7.43. The molecule has 1 unspecified atom stereocenters. The van der Waals surface area contributed by atoms with E-state index in [4.69, 9.17) is 14.6 Å². The first kappa shape index (κ1) is 14.3. The quantitative estimate of drug-likeness (QED) is 0.755. The van der Waals surface area contributed by atoms with E-state index >= 15 is 0 Å². The summed E-state index contributed by atoms with van der Waals surface area (Å²) in [5.41, 5.74) is 0. The summed E-state index contributed by atoms with van der Waals surface area (Å²) in [5, 5.41) is 9.10. The summed E-state index contributed by atoms with van der Waals surface area (Å²) in [6.07, 6.45) is 7.11. The molecule has 106 valence electrons. The van der Waals surface area contributed by atoms with Gasteiger partial charge in [-0.25, -0.2) is 0 Å². The van der Waals surface area contributed by atoms with Crippen LogP contribution in [0.4, 0.5) is 0 Å². The van der Waals surface area contributed by atoms with E-state index < -0.39 is 0 Å². The third-order valence-electron chi connectivity index (χ3n) is 3.99. The number of hydrogen-bond donors (Lipinski definition) is 1. The van der Waals surface area contributed by atoms with Crippen molar-refractivity contribution in [2.24, 2.45) is 0 Å². The molecule has 1 aliphatic carbocycles. The Bertz CT molecular complexity index is 241. The minimum absolute atomic E-state index is 0.187. The fourth-order valence-electron chi connectivity index (χ4n) is 2.99. The van der Waals surface area contributed by atoms with Crippen molar-refractivity contribution in [3.63, 3.8) is 0 Å². The Hall–Kier alpha value is -0.160. The van der Waals surface area contributed by atoms with E-state index in [1.54, 1.807) is 0 Å². The number of ether oxygens (including phenoxy) is 2. The first-order chi connectivity index (χ1) is 8.78. The maximum absolute atomic E-state index is 9.10.